The van der Waals surface area contributed by atoms with Crippen LogP contribution in [0.4, 0.5) is 0 Å². The van der Waals surface area contributed by atoms with Gasteiger partial charge in [0.15, 0.2) is 0 Å². The van der Waals surface area contributed by atoms with Gasteiger partial charge in [0.2, 0.25) is 10.0 Å². The number of nitrogens with one attached hydrogen (secondary N) is 1. The van der Waals surface area contributed by atoms with E-state index in [0.717, 1.165) is 27.1 Å². The zero-order valence-corrected chi connectivity index (χ0v) is 15.3. The molecular weight excluding hydrogens is 386 g/mol. The van der Waals surface area contributed by atoms with Crippen LogP contribution < -0.4 is 4.72 Å². The summed E-state index contributed by atoms with van der Waals surface area (Å²) in [4.78, 5) is 0. The van der Waals surface area contributed by atoms with E-state index in [-0.39, 0.29) is 16.7 Å². The predicted octanol–water partition coefficient (Wildman–Crippen LogP) is 3.34. The summed E-state index contributed by atoms with van der Waals surface area (Å²) in [7, 11) is -3.64. The van der Waals surface area contributed by atoms with Crippen molar-refractivity contribution >= 4 is 37.3 Å². The molecule has 4 nitrogen and oxygen atoms in total. The summed E-state index contributed by atoms with van der Waals surface area (Å²) in [6.07, 6.45) is 0.728. The van der Waals surface area contributed by atoms with Gasteiger partial charge in [-0.05, 0) is 40.0 Å². The molecule has 0 amide bonds. The number of thiophene rings is 1. The number of sulfonamides is 1. The van der Waals surface area contributed by atoms with Crippen molar-refractivity contribution in [3.8, 4) is 0 Å². The monoisotopic (exact) mass is 403 g/mol. The average molecular weight is 404 g/mol. The molecular formula is C15H18BrNO3S2. The maximum absolute atomic E-state index is 12.4. The number of aliphatic hydroxyl groups excluding tert-OH is 1. The van der Waals surface area contributed by atoms with E-state index in [9.17, 15) is 13.5 Å². The number of rotatable bonds is 7. The summed E-state index contributed by atoms with van der Waals surface area (Å²) in [5, 5.41) is 9.67. The maximum Gasteiger partial charge on any atom is 0.250 e. The summed E-state index contributed by atoms with van der Waals surface area (Å²) < 4.78 is 28.5. The molecule has 0 saturated heterocycles. The average Bonchev–Trinajstić information content (AvgIpc) is 2.95. The first kappa shape index (κ1) is 17.6. The molecule has 2 atom stereocenters. The summed E-state index contributed by atoms with van der Waals surface area (Å²) in [5.74, 6) is -0.0793. The molecule has 0 aliphatic rings. The Balaban J connectivity index is 2.24. The second-order valence-electron chi connectivity index (χ2n) is 4.89. The Bertz CT molecular complexity index is 701. The molecule has 22 heavy (non-hydrogen) atoms. The van der Waals surface area contributed by atoms with Gasteiger partial charge in [-0.1, -0.05) is 37.3 Å². The normalized spacial score (nSPS) is 14.7. The summed E-state index contributed by atoms with van der Waals surface area (Å²) in [6, 6.07) is 12.3. The van der Waals surface area contributed by atoms with Crippen LogP contribution in [0.3, 0.4) is 0 Å². The third-order valence-electron chi connectivity index (χ3n) is 3.47. The number of halogens is 1. The van der Waals surface area contributed by atoms with Crippen molar-refractivity contribution < 1.29 is 13.5 Å². The molecule has 0 aliphatic heterocycles. The van der Waals surface area contributed by atoms with Gasteiger partial charge < -0.3 is 5.11 Å². The molecule has 2 rings (SSSR count). The molecule has 0 bridgehead atoms. The molecule has 2 aromatic rings. The second-order valence-corrected chi connectivity index (χ2v) is 9.30. The van der Waals surface area contributed by atoms with Gasteiger partial charge in [0.05, 0.1) is 16.4 Å². The van der Waals surface area contributed by atoms with Crippen molar-refractivity contribution in [2.45, 2.75) is 29.5 Å². The van der Waals surface area contributed by atoms with Crippen molar-refractivity contribution in [2.75, 3.05) is 6.61 Å². The van der Waals surface area contributed by atoms with Crippen LogP contribution >= 0.6 is 27.3 Å². The Labute approximate surface area is 143 Å². The van der Waals surface area contributed by atoms with Gasteiger partial charge in [0, 0.05) is 5.92 Å². The zero-order chi connectivity index (χ0) is 16.2. The topological polar surface area (TPSA) is 66.4 Å². The number of benzene rings is 1. The summed E-state index contributed by atoms with van der Waals surface area (Å²) in [5.41, 5.74) is 1.01. The number of aliphatic hydroxyl groups is 1. The van der Waals surface area contributed by atoms with Crippen LogP contribution in [0, 0.1) is 0 Å². The highest BCUT2D eigenvalue weighted by Crippen LogP contribution is 2.28. The highest BCUT2D eigenvalue weighted by atomic mass is 79.9. The van der Waals surface area contributed by atoms with Gasteiger partial charge in [0.25, 0.3) is 0 Å². The third-order valence-corrected chi connectivity index (χ3v) is 7.08. The minimum absolute atomic E-state index is 0.0793. The van der Waals surface area contributed by atoms with E-state index in [1.807, 2.05) is 37.3 Å². The Kier molecular flexibility index (Phi) is 6.17. The molecule has 0 radical (unpaired) electrons. The first-order valence-electron chi connectivity index (χ1n) is 6.91. The maximum atomic E-state index is 12.4. The van der Waals surface area contributed by atoms with E-state index in [1.165, 1.54) is 0 Å². The quantitative estimate of drug-likeness (QED) is 0.744. The lowest BCUT2D eigenvalue weighted by Gasteiger charge is -2.25. The molecule has 0 saturated carbocycles. The Morgan fingerprint density at radius 1 is 1.23 bits per heavy atom. The van der Waals surface area contributed by atoms with Crippen molar-refractivity contribution in [1.29, 1.82) is 0 Å². The lowest BCUT2D eigenvalue weighted by atomic mass is 9.90. The summed E-state index contributed by atoms with van der Waals surface area (Å²) in [6.45, 7) is 1.73. The lowest BCUT2D eigenvalue weighted by molar-refractivity contribution is 0.236. The molecule has 120 valence electrons. The van der Waals surface area contributed by atoms with Crippen LogP contribution in [0.15, 0.2) is 50.5 Å². The Morgan fingerprint density at radius 3 is 2.41 bits per heavy atom. The third kappa shape index (κ3) is 4.17. The zero-order valence-electron chi connectivity index (χ0n) is 12.1. The van der Waals surface area contributed by atoms with Gasteiger partial charge in [-0.3, -0.25) is 0 Å². The van der Waals surface area contributed by atoms with Crippen molar-refractivity contribution in [2.24, 2.45) is 0 Å². The van der Waals surface area contributed by atoms with E-state index in [4.69, 9.17) is 0 Å². The Hall–Kier alpha value is -0.730. The van der Waals surface area contributed by atoms with Gasteiger partial charge in [-0.2, -0.15) is 0 Å². The first-order chi connectivity index (χ1) is 10.5. The highest BCUT2D eigenvalue weighted by molar-refractivity contribution is 9.11. The van der Waals surface area contributed by atoms with Gasteiger partial charge in [-0.25, -0.2) is 13.1 Å². The molecule has 2 N–H and O–H groups in total. The fourth-order valence-corrected chi connectivity index (χ4v) is 5.69. The molecule has 1 aromatic carbocycles. The molecule has 0 fully saturated rings. The van der Waals surface area contributed by atoms with Crippen LogP contribution in [-0.2, 0) is 10.0 Å². The second kappa shape index (κ2) is 7.70. The van der Waals surface area contributed by atoms with E-state index in [2.05, 4.69) is 20.7 Å². The van der Waals surface area contributed by atoms with Crippen molar-refractivity contribution in [3.63, 3.8) is 0 Å². The molecule has 1 heterocycles. The smallest absolute Gasteiger partial charge is 0.250 e. The van der Waals surface area contributed by atoms with Crippen LogP contribution in [-0.4, -0.2) is 26.2 Å². The van der Waals surface area contributed by atoms with E-state index in [1.54, 1.807) is 12.1 Å². The summed E-state index contributed by atoms with van der Waals surface area (Å²) >= 11 is 4.41. The van der Waals surface area contributed by atoms with Gasteiger partial charge in [-0.15, -0.1) is 11.3 Å². The first-order valence-corrected chi connectivity index (χ1v) is 10.0. The molecule has 2 unspecified atom stereocenters. The molecule has 0 spiro atoms. The fourth-order valence-electron chi connectivity index (χ4n) is 2.40. The molecule has 7 heteroatoms. The number of hydrogen-bond donors (Lipinski definition) is 2. The van der Waals surface area contributed by atoms with Crippen LogP contribution in [0.5, 0.6) is 0 Å². The SMILES string of the molecule is CCC(c1ccccc1)C(CO)NS(=O)(=O)c1ccc(Br)s1. The highest BCUT2D eigenvalue weighted by Gasteiger charge is 2.27. The van der Waals surface area contributed by atoms with E-state index in [0.29, 0.717) is 0 Å². The van der Waals surface area contributed by atoms with Crippen LogP contribution in [0.2, 0.25) is 0 Å². The van der Waals surface area contributed by atoms with Gasteiger partial charge >= 0.3 is 0 Å². The van der Waals surface area contributed by atoms with Crippen LogP contribution in [0.25, 0.3) is 0 Å². The fraction of sp³-hybridized carbons (Fsp3) is 0.333. The predicted molar refractivity (Wildman–Crippen MR) is 92.7 cm³/mol. The minimum Gasteiger partial charge on any atom is -0.395 e. The largest absolute Gasteiger partial charge is 0.395 e. The lowest BCUT2D eigenvalue weighted by Crippen LogP contribution is -2.41. The van der Waals surface area contributed by atoms with Gasteiger partial charge in [0.1, 0.15) is 4.21 Å². The van der Waals surface area contributed by atoms with Crippen molar-refractivity contribution in [3.05, 3.63) is 51.8 Å². The number of hydrogen-bond acceptors (Lipinski definition) is 4. The Morgan fingerprint density at radius 2 is 1.91 bits per heavy atom. The van der Waals surface area contributed by atoms with E-state index >= 15 is 0 Å². The van der Waals surface area contributed by atoms with E-state index < -0.39 is 16.1 Å². The minimum atomic E-state index is -3.64. The molecule has 0 aliphatic carbocycles. The van der Waals surface area contributed by atoms with Crippen LogP contribution in [0.1, 0.15) is 24.8 Å². The standard InChI is InChI=1S/C15H18BrNO3S2/c1-2-12(11-6-4-3-5-7-11)13(10-18)17-22(19,20)15-9-8-14(16)21-15/h3-9,12-13,17-18H,2,10H2,1H3. The molecule has 1 aromatic heterocycles. The van der Waals surface area contributed by atoms with Crippen molar-refractivity contribution in [1.82, 2.24) is 4.72 Å².